The number of rotatable bonds is 4. The number of carboxylic acid groups (broad SMARTS) is 1. The van der Waals surface area contributed by atoms with E-state index in [1.54, 1.807) is 0 Å². The van der Waals surface area contributed by atoms with Crippen LogP contribution >= 0.6 is 0 Å². The number of carboxylic acids is 1. The maximum absolute atomic E-state index is 11.6. The maximum atomic E-state index is 11.6. The number of hydrogen-bond acceptors (Lipinski definition) is 2. The Bertz CT molecular complexity index is 349. The van der Waals surface area contributed by atoms with Crippen molar-refractivity contribution < 1.29 is 14.7 Å². The number of amides is 2. The summed E-state index contributed by atoms with van der Waals surface area (Å²) in [5.74, 6) is 1.36. The molecule has 1 aliphatic carbocycles. The molecule has 0 aromatic heterocycles. The third kappa shape index (κ3) is 4.66. The van der Waals surface area contributed by atoms with Gasteiger partial charge in [0.05, 0.1) is 5.92 Å². The molecular weight excluding hydrogens is 232 g/mol. The van der Waals surface area contributed by atoms with E-state index in [1.807, 2.05) is 6.92 Å². The van der Waals surface area contributed by atoms with Crippen LogP contribution in [0.4, 0.5) is 4.79 Å². The van der Waals surface area contributed by atoms with Crippen LogP contribution < -0.4 is 10.6 Å². The summed E-state index contributed by atoms with van der Waals surface area (Å²) in [6.45, 7) is 1.83. The van der Waals surface area contributed by atoms with Gasteiger partial charge in [0.2, 0.25) is 0 Å². The Morgan fingerprint density at radius 1 is 1.50 bits per heavy atom. The first-order chi connectivity index (χ1) is 8.52. The van der Waals surface area contributed by atoms with Crippen LogP contribution in [0.5, 0.6) is 0 Å². The van der Waals surface area contributed by atoms with Crippen molar-refractivity contribution >= 4 is 12.0 Å². The Morgan fingerprint density at radius 2 is 2.22 bits per heavy atom. The van der Waals surface area contributed by atoms with Gasteiger partial charge in [-0.25, -0.2) is 4.79 Å². The molecule has 0 aromatic carbocycles. The lowest BCUT2D eigenvalue weighted by Gasteiger charge is -2.27. The first-order valence-electron chi connectivity index (χ1n) is 6.26. The molecule has 0 aliphatic heterocycles. The van der Waals surface area contributed by atoms with Gasteiger partial charge in [0, 0.05) is 18.5 Å². The Labute approximate surface area is 107 Å². The lowest BCUT2D eigenvalue weighted by Crippen LogP contribution is -2.47. The van der Waals surface area contributed by atoms with Gasteiger partial charge in [-0.1, -0.05) is 6.42 Å². The van der Waals surface area contributed by atoms with Crippen LogP contribution in [0.15, 0.2) is 0 Å². The molecular formula is C13H20N2O3. The second kappa shape index (κ2) is 6.90. The lowest BCUT2D eigenvalue weighted by molar-refractivity contribution is -0.143. The van der Waals surface area contributed by atoms with Crippen molar-refractivity contribution in [3.05, 3.63) is 0 Å². The third-order valence-corrected chi connectivity index (χ3v) is 3.16. The molecule has 1 aliphatic rings. The van der Waals surface area contributed by atoms with Crippen molar-refractivity contribution in [2.45, 2.75) is 51.1 Å². The smallest absolute Gasteiger partial charge is 0.315 e. The minimum atomic E-state index is -0.775. The number of aliphatic carboxylic acids is 1. The minimum Gasteiger partial charge on any atom is -0.481 e. The van der Waals surface area contributed by atoms with Crippen LogP contribution in [-0.2, 0) is 4.79 Å². The molecule has 3 N–H and O–H groups in total. The molecule has 0 heterocycles. The predicted octanol–water partition coefficient (Wildman–Crippen LogP) is 1.34. The zero-order valence-electron chi connectivity index (χ0n) is 10.6. The molecule has 2 amide bonds. The van der Waals surface area contributed by atoms with Gasteiger partial charge in [-0.05, 0) is 26.2 Å². The minimum absolute atomic E-state index is 0.0575. The highest BCUT2D eigenvalue weighted by Crippen LogP contribution is 2.24. The van der Waals surface area contributed by atoms with E-state index in [4.69, 9.17) is 11.5 Å². The molecule has 0 radical (unpaired) electrons. The van der Waals surface area contributed by atoms with Crippen molar-refractivity contribution in [3.63, 3.8) is 0 Å². The van der Waals surface area contributed by atoms with Gasteiger partial charge in [0.1, 0.15) is 0 Å². The van der Waals surface area contributed by atoms with Crippen LogP contribution in [0.25, 0.3) is 0 Å². The van der Waals surface area contributed by atoms with Crippen molar-refractivity contribution in [2.24, 2.45) is 5.92 Å². The number of carbonyl (C=O) groups excluding carboxylic acids is 1. The molecule has 100 valence electrons. The van der Waals surface area contributed by atoms with Crippen molar-refractivity contribution in [2.75, 3.05) is 0 Å². The summed E-state index contributed by atoms with van der Waals surface area (Å²) in [4.78, 5) is 22.5. The molecule has 18 heavy (non-hydrogen) atoms. The van der Waals surface area contributed by atoms with Gasteiger partial charge in [0.15, 0.2) is 0 Å². The Hall–Kier alpha value is -1.70. The normalized spacial score (nSPS) is 24.7. The van der Waals surface area contributed by atoms with Gasteiger partial charge in [-0.2, -0.15) is 0 Å². The lowest BCUT2D eigenvalue weighted by atomic mass is 9.86. The summed E-state index contributed by atoms with van der Waals surface area (Å²) in [5.41, 5.74) is 0. The van der Waals surface area contributed by atoms with Crippen molar-refractivity contribution in [1.29, 1.82) is 0 Å². The van der Waals surface area contributed by atoms with E-state index >= 15 is 0 Å². The molecule has 5 nitrogen and oxygen atoms in total. The summed E-state index contributed by atoms with van der Waals surface area (Å²) in [5, 5.41) is 14.5. The molecule has 1 fully saturated rings. The number of nitrogens with one attached hydrogen (secondary N) is 2. The van der Waals surface area contributed by atoms with Gasteiger partial charge in [0.25, 0.3) is 0 Å². The molecule has 3 unspecified atom stereocenters. The van der Waals surface area contributed by atoms with E-state index in [9.17, 15) is 9.59 Å². The highest BCUT2D eigenvalue weighted by atomic mass is 16.4. The third-order valence-electron chi connectivity index (χ3n) is 3.16. The fourth-order valence-corrected chi connectivity index (χ4v) is 2.22. The first-order valence-corrected chi connectivity index (χ1v) is 6.26. The second-order valence-corrected chi connectivity index (χ2v) is 4.83. The van der Waals surface area contributed by atoms with E-state index in [1.165, 1.54) is 0 Å². The van der Waals surface area contributed by atoms with E-state index in [2.05, 4.69) is 16.6 Å². The molecule has 0 saturated heterocycles. The summed E-state index contributed by atoms with van der Waals surface area (Å²) < 4.78 is 0. The van der Waals surface area contributed by atoms with Crippen LogP contribution in [0.2, 0.25) is 0 Å². The summed E-state index contributed by atoms with van der Waals surface area (Å²) in [6, 6.07) is -0.402. The zero-order valence-corrected chi connectivity index (χ0v) is 10.6. The fraction of sp³-hybridized carbons (Fsp3) is 0.692. The van der Waals surface area contributed by atoms with Gasteiger partial charge >= 0.3 is 12.0 Å². The van der Waals surface area contributed by atoms with E-state index < -0.39 is 5.97 Å². The number of carbonyl (C=O) groups is 2. The number of hydrogen-bond donors (Lipinski definition) is 3. The molecule has 1 rings (SSSR count). The SMILES string of the molecule is C#CCC(C)NC(=O)NC1CCCC(C(=O)O)C1. The molecule has 0 aromatic rings. The molecule has 1 saturated carbocycles. The molecule has 0 spiro atoms. The number of terminal acetylenes is 1. The maximum Gasteiger partial charge on any atom is 0.315 e. The first kappa shape index (κ1) is 14.4. The molecule has 0 bridgehead atoms. The van der Waals surface area contributed by atoms with Crippen molar-refractivity contribution in [3.8, 4) is 12.3 Å². The summed E-state index contributed by atoms with van der Waals surface area (Å²) in [6.07, 6.45) is 8.51. The Kier molecular flexibility index (Phi) is 5.50. The zero-order chi connectivity index (χ0) is 13.5. The average Bonchev–Trinajstić information content (AvgIpc) is 2.29. The largest absolute Gasteiger partial charge is 0.481 e. The second-order valence-electron chi connectivity index (χ2n) is 4.83. The monoisotopic (exact) mass is 252 g/mol. The van der Waals surface area contributed by atoms with Crippen LogP contribution in [-0.4, -0.2) is 29.2 Å². The standard InChI is InChI=1S/C13H20N2O3/c1-3-5-9(2)14-13(18)15-11-7-4-6-10(8-11)12(16)17/h1,9-11H,4-8H2,2H3,(H,16,17)(H2,14,15,18). The van der Waals surface area contributed by atoms with E-state index in [-0.39, 0.29) is 24.0 Å². The quantitative estimate of drug-likeness (QED) is 0.661. The van der Waals surface area contributed by atoms with Gasteiger partial charge in [-0.15, -0.1) is 12.3 Å². The van der Waals surface area contributed by atoms with Gasteiger partial charge in [-0.3, -0.25) is 4.79 Å². The summed E-state index contributed by atoms with van der Waals surface area (Å²) in [7, 11) is 0. The van der Waals surface area contributed by atoms with E-state index in [0.717, 1.165) is 12.8 Å². The highest BCUT2D eigenvalue weighted by molar-refractivity contribution is 5.75. The summed E-state index contributed by atoms with van der Waals surface area (Å²) >= 11 is 0. The fourth-order valence-electron chi connectivity index (χ4n) is 2.22. The van der Waals surface area contributed by atoms with Crippen LogP contribution in [0.1, 0.15) is 39.0 Å². The molecule has 5 heteroatoms. The Morgan fingerprint density at radius 3 is 2.83 bits per heavy atom. The van der Waals surface area contributed by atoms with E-state index in [0.29, 0.717) is 19.3 Å². The van der Waals surface area contributed by atoms with Crippen LogP contribution in [0.3, 0.4) is 0 Å². The average molecular weight is 252 g/mol. The topological polar surface area (TPSA) is 78.4 Å². The highest BCUT2D eigenvalue weighted by Gasteiger charge is 2.27. The van der Waals surface area contributed by atoms with Crippen LogP contribution in [0, 0.1) is 18.3 Å². The Balaban J connectivity index is 2.35. The van der Waals surface area contributed by atoms with Gasteiger partial charge < -0.3 is 15.7 Å². The van der Waals surface area contributed by atoms with Crippen molar-refractivity contribution in [1.82, 2.24) is 10.6 Å². The number of urea groups is 1. The molecule has 3 atom stereocenters. The predicted molar refractivity (Wildman–Crippen MR) is 68.0 cm³/mol.